The van der Waals surface area contributed by atoms with Crippen LogP contribution in [-0.2, 0) is 36.7 Å². The second kappa shape index (κ2) is 24.6. The van der Waals surface area contributed by atoms with Crippen LogP contribution < -0.4 is 5.32 Å². The number of nitrogens with zero attached hydrogens (tertiary/aromatic N) is 1. The van der Waals surface area contributed by atoms with Crippen molar-refractivity contribution >= 4 is 41.7 Å². The third-order valence-corrected chi connectivity index (χ3v) is 11.1. The molecule has 52 heavy (non-hydrogen) atoms. The van der Waals surface area contributed by atoms with Crippen molar-refractivity contribution in [2.45, 2.75) is 136 Å². The number of aryl methyl sites for hydroxylation is 2. The summed E-state index contributed by atoms with van der Waals surface area (Å²) in [6.45, 7) is 11.4. The molecule has 0 saturated heterocycles. The van der Waals surface area contributed by atoms with Gasteiger partial charge in [0.1, 0.15) is 6.79 Å². The van der Waals surface area contributed by atoms with Gasteiger partial charge in [-0.05, 0) is 67.5 Å². The average Bonchev–Trinajstić information content (AvgIpc) is 3.57. The minimum Gasteiger partial charge on any atom is -0.468 e. The van der Waals surface area contributed by atoms with E-state index in [0.29, 0.717) is 30.8 Å². The highest BCUT2D eigenvalue weighted by atomic mass is 32.2. The Hall–Kier alpha value is -3.65. The molecule has 0 saturated carbocycles. The number of esters is 1. The monoisotopic (exact) mass is 730 g/mol. The SMILES string of the molecule is C=O.CCCCCCCCCCCCCCCc1cccc(C)c1C1C(CCOC=O)=C(C)NC(CSC2=Nc3ccccc3C2)=C1C(=O)OCC. The first-order chi connectivity index (χ1) is 25.5. The zero-order chi connectivity index (χ0) is 37.6. The van der Waals surface area contributed by atoms with E-state index in [1.165, 1.54) is 93.7 Å². The van der Waals surface area contributed by atoms with Crippen LogP contribution in [0, 0.1) is 6.92 Å². The smallest absolute Gasteiger partial charge is 0.336 e. The molecule has 0 fully saturated rings. The van der Waals surface area contributed by atoms with Crippen LogP contribution in [0.2, 0.25) is 0 Å². The van der Waals surface area contributed by atoms with Gasteiger partial charge in [0.05, 0.1) is 29.5 Å². The minimum absolute atomic E-state index is 0.254. The zero-order valence-corrected chi connectivity index (χ0v) is 33.1. The fourth-order valence-corrected chi connectivity index (χ4v) is 8.38. The van der Waals surface area contributed by atoms with E-state index in [2.05, 4.69) is 62.5 Å². The number of hydrogen-bond donors (Lipinski definition) is 1. The summed E-state index contributed by atoms with van der Waals surface area (Å²) >= 11 is 1.68. The number of ether oxygens (including phenoxy) is 2. The molecule has 1 atom stereocenters. The number of nitrogens with one attached hydrogen (secondary N) is 1. The molecule has 2 heterocycles. The molecule has 4 rings (SSSR count). The van der Waals surface area contributed by atoms with Gasteiger partial charge in [-0.25, -0.2) is 9.79 Å². The lowest BCUT2D eigenvalue weighted by Crippen LogP contribution is -2.32. The maximum absolute atomic E-state index is 14.0. The van der Waals surface area contributed by atoms with Crippen molar-refractivity contribution in [2.24, 2.45) is 4.99 Å². The van der Waals surface area contributed by atoms with E-state index in [0.717, 1.165) is 52.5 Å². The van der Waals surface area contributed by atoms with E-state index in [4.69, 9.17) is 19.3 Å². The third-order valence-electron chi connectivity index (χ3n) is 10.0. The Balaban J connectivity index is 0.00000358. The molecule has 0 aliphatic carbocycles. The molecule has 0 spiro atoms. The number of fused-ring (bicyclic) bond motifs is 1. The third kappa shape index (κ3) is 13.1. The second-order valence-corrected chi connectivity index (χ2v) is 14.8. The van der Waals surface area contributed by atoms with Crippen molar-refractivity contribution in [1.29, 1.82) is 0 Å². The van der Waals surface area contributed by atoms with Gasteiger partial charge in [0, 0.05) is 35.9 Å². The zero-order valence-electron chi connectivity index (χ0n) is 32.2. The summed E-state index contributed by atoms with van der Waals surface area (Å²) in [5.41, 5.74) is 9.47. The number of benzene rings is 2. The number of carbonyl (C=O) groups is 3. The van der Waals surface area contributed by atoms with E-state index in [1.54, 1.807) is 11.8 Å². The first-order valence-electron chi connectivity index (χ1n) is 19.6. The van der Waals surface area contributed by atoms with Gasteiger partial charge < -0.3 is 19.6 Å². The Bertz CT molecular complexity index is 1510. The van der Waals surface area contributed by atoms with Gasteiger partial charge in [0.25, 0.3) is 6.47 Å². The molecule has 0 radical (unpaired) electrons. The normalized spacial score (nSPS) is 15.0. The van der Waals surface area contributed by atoms with Crippen molar-refractivity contribution in [3.63, 3.8) is 0 Å². The van der Waals surface area contributed by atoms with Crippen molar-refractivity contribution in [3.8, 4) is 0 Å². The summed E-state index contributed by atoms with van der Waals surface area (Å²) < 4.78 is 11.0. The largest absolute Gasteiger partial charge is 0.468 e. The van der Waals surface area contributed by atoms with Gasteiger partial charge in [-0.2, -0.15) is 0 Å². The quantitative estimate of drug-likeness (QED) is 0.0691. The van der Waals surface area contributed by atoms with E-state index in [1.807, 2.05) is 19.8 Å². The fourth-order valence-electron chi connectivity index (χ4n) is 7.42. The van der Waals surface area contributed by atoms with E-state index < -0.39 is 0 Å². The lowest BCUT2D eigenvalue weighted by atomic mass is 9.75. The first kappa shape index (κ1) is 42.8. The van der Waals surface area contributed by atoms with Crippen LogP contribution in [0.1, 0.15) is 139 Å². The Morgan fingerprint density at radius 3 is 2.17 bits per heavy atom. The molecule has 7 nitrogen and oxygen atoms in total. The molecule has 0 amide bonds. The number of unbranched alkanes of at least 4 members (excludes halogenated alkanes) is 12. The summed E-state index contributed by atoms with van der Waals surface area (Å²) in [4.78, 5) is 38.0. The maximum Gasteiger partial charge on any atom is 0.336 e. The van der Waals surface area contributed by atoms with Gasteiger partial charge >= 0.3 is 5.97 Å². The lowest BCUT2D eigenvalue weighted by Gasteiger charge is -2.34. The van der Waals surface area contributed by atoms with Gasteiger partial charge in [0.2, 0.25) is 0 Å². The molecule has 2 aromatic rings. The predicted molar refractivity (Wildman–Crippen MR) is 216 cm³/mol. The Morgan fingerprint density at radius 1 is 0.885 bits per heavy atom. The second-order valence-electron chi connectivity index (χ2n) is 13.8. The van der Waals surface area contributed by atoms with E-state index >= 15 is 0 Å². The first-order valence-corrected chi connectivity index (χ1v) is 20.5. The number of rotatable bonds is 23. The number of aliphatic imine (C=N–C) groups is 1. The standard InChI is InChI=1S/C43H60N2O4S.CH2O/c1-5-7-8-9-10-11-12-13-14-15-16-17-18-23-34-25-21-22-32(3)40(34)41-36(27-28-48-31-46)33(4)44-38(42(41)43(47)49-6-2)30-50-39-29-35-24-19-20-26-37(35)45-39;1-2/h19-22,24-26,31,41,44H,5-18,23,27-30H2,1-4H3;1H2. The molecular formula is C44H62N2O5S. The number of para-hydroxylation sites is 1. The molecule has 2 aliphatic heterocycles. The molecule has 2 aliphatic rings. The Morgan fingerprint density at radius 2 is 1.54 bits per heavy atom. The minimum atomic E-state index is -0.297. The van der Waals surface area contributed by atoms with Gasteiger partial charge in [-0.15, -0.1) is 11.8 Å². The number of allylic oxidation sites excluding steroid dienone is 1. The van der Waals surface area contributed by atoms with Crippen molar-refractivity contribution in [1.82, 2.24) is 5.32 Å². The molecule has 0 aromatic heterocycles. The molecule has 1 N–H and O–H groups in total. The van der Waals surface area contributed by atoms with Crippen molar-refractivity contribution in [2.75, 3.05) is 19.0 Å². The van der Waals surface area contributed by atoms with Crippen molar-refractivity contribution in [3.05, 3.63) is 87.3 Å². The Labute approximate surface area is 317 Å². The maximum atomic E-state index is 14.0. The number of carbonyl (C=O) groups excluding carboxylic acids is 3. The molecule has 0 bridgehead atoms. The molecule has 284 valence electrons. The van der Waals surface area contributed by atoms with Crippen molar-refractivity contribution < 1.29 is 23.9 Å². The number of thioether (sulfide) groups is 1. The summed E-state index contributed by atoms with van der Waals surface area (Å²) in [7, 11) is 0. The van der Waals surface area contributed by atoms with E-state index in [-0.39, 0.29) is 18.5 Å². The molecular weight excluding hydrogens is 669 g/mol. The molecule has 2 aromatic carbocycles. The average molecular weight is 731 g/mol. The predicted octanol–water partition coefficient (Wildman–Crippen LogP) is 10.8. The van der Waals surface area contributed by atoms with Crippen LogP contribution in [0.4, 0.5) is 5.69 Å². The molecule has 1 unspecified atom stereocenters. The summed E-state index contributed by atoms with van der Waals surface area (Å²) in [5, 5.41) is 4.65. The van der Waals surface area contributed by atoms with Gasteiger partial charge in [-0.1, -0.05) is 120 Å². The highest BCUT2D eigenvalue weighted by molar-refractivity contribution is 8.14. The van der Waals surface area contributed by atoms with Crippen LogP contribution in [0.25, 0.3) is 0 Å². The van der Waals surface area contributed by atoms with Crippen LogP contribution in [0.15, 0.2) is 70.0 Å². The van der Waals surface area contributed by atoms with Crippen LogP contribution in [0.5, 0.6) is 0 Å². The fraction of sp³-hybridized carbons (Fsp3) is 0.545. The lowest BCUT2D eigenvalue weighted by molar-refractivity contribution is -0.139. The summed E-state index contributed by atoms with van der Waals surface area (Å²) in [6.07, 6.45) is 19.5. The van der Waals surface area contributed by atoms with Crippen LogP contribution >= 0.6 is 11.8 Å². The summed E-state index contributed by atoms with van der Waals surface area (Å²) in [6, 6.07) is 14.8. The number of dihydropyridines is 1. The summed E-state index contributed by atoms with van der Waals surface area (Å²) in [5.74, 6) is -0.0109. The van der Waals surface area contributed by atoms with Gasteiger partial charge in [-0.3, -0.25) is 4.79 Å². The van der Waals surface area contributed by atoms with E-state index in [9.17, 15) is 9.59 Å². The highest BCUT2D eigenvalue weighted by Crippen LogP contribution is 2.44. The van der Waals surface area contributed by atoms with Gasteiger partial charge in [0.15, 0.2) is 0 Å². The van der Waals surface area contributed by atoms with Crippen LogP contribution in [0.3, 0.4) is 0 Å². The highest BCUT2D eigenvalue weighted by Gasteiger charge is 2.37. The molecule has 8 heteroatoms. The Kier molecular flexibility index (Phi) is 20.2. The topological polar surface area (TPSA) is 94.1 Å². The number of hydrogen-bond acceptors (Lipinski definition) is 8. The van der Waals surface area contributed by atoms with Crippen LogP contribution in [-0.4, -0.2) is 43.2 Å².